The number of alkyl halides is 3. The van der Waals surface area contributed by atoms with Crippen molar-refractivity contribution in [2.24, 2.45) is 0 Å². The monoisotopic (exact) mass is 775 g/mol. The Morgan fingerprint density at radius 1 is 0.857 bits per heavy atom. The average Bonchev–Trinajstić information content (AvgIpc) is 3.66. The number of aromatic nitrogens is 1. The number of carbonyl (C=O) groups excluding carboxylic acids is 4. The molecule has 3 aromatic carbocycles. The number of benzene rings is 3. The maximum Gasteiger partial charge on any atom is 0.417 e. The van der Waals surface area contributed by atoms with Crippen molar-refractivity contribution in [3.63, 3.8) is 0 Å². The van der Waals surface area contributed by atoms with Crippen molar-refractivity contribution in [2.75, 3.05) is 54.8 Å². The van der Waals surface area contributed by atoms with E-state index in [4.69, 9.17) is 9.47 Å². The smallest absolute Gasteiger partial charge is 0.417 e. The number of amides is 4. The van der Waals surface area contributed by atoms with E-state index in [-0.39, 0.29) is 48.2 Å². The molecule has 16 heteroatoms. The Labute approximate surface area is 322 Å². The number of pyridine rings is 1. The number of ether oxygens (including phenoxy) is 2. The van der Waals surface area contributed by atoms with Crippen LogP contribution in [0.2, 0.25) is 0 Å². The quantitative estimate of drug-likeness (QED) is 0.165. The van der Waals surface area contributed by atoms with Gasteiger partial charge in [-0.15, -0.1) is 0 Å². The standard InChI is InChI=1S/C40H44F3N7O6/c1-39(2,3)56-38(54)49-20-18-48(19-21-49)29-14-11-27(12-15-29)45-34-23-31(40(41,42)43)30-22-28(13-16-32(30)47-34)46-36(52)33-10-7-17-50(33)35(51)24-44-37(53)55-25-26-8-5-4-6-9-26/h4-6,8-9,11-16,22-23,33H,7,10,17-21,24-25H2,1-3H3,(H,44,53)(H,45,47)(H,46,52)/t33-/m0/s1. The molecule has 0 spiro atoms. The third-order valence-corrected chi connectivity index (χ3v) is 9.29. The molecule has 1 aromatic heterocycles. The molecule has 13 nitrogen and oxygen atoms in total. The second-order valence-electron chi connectivity index (χ2n) is 14.6. The summed E-state index contributed by atoms with van der Waals surface area (Å²) >= 11 is 0. The van der Waals surface area contributed by atoms with Gasteiger partial charge in [0.25, 0.3) is 0 Å². The summed E-state index contributed by atoms with van der Waals surface area (Å²) in [5.74, 6) is -1.07. The van der Waals surface area contributed by atoms with E-state index in [1.807, 2.05) is 39.0 Å². The molecule has 0 unspecified atom stereocenters. The van der Waals surface area contributed by atoms with Gasteiger partial charge in [-0.05, 0) is 87.7 Å². The summed E-state index contributed by atoms with van der Waals surface area (Å²) in [7, 11) is 0. The second kappa shape index (κ2) is 16.8. The third-order valence-electron chi connectivity index (χ3n) is 9.29. The lowest BCUT2D eigenvalue weighted by molar-refractivity contribution is -0.136. The lowest BCUT2D eigenvalue weighted by Crippen LogP contribution is -2.50. The van der Waals surface area contributed by atoms with Crippen LogP contribution in [-0.4, -0.2) is 89.7 Å². The highest BCUT2D eigenvalue weighted by atomic mass is 19.4. The molecule has 1 atom stereocenters. The first-order valence-electron chi connectivity index (χ1n) is 18.3. The van der Waals surface area contributed by atoms with Gasteiger partial charge < -0.3 is 40.1 Å². The minimum absolute atomic E-state index is 0.0157. The van der Waals surface area contributed by atoms with Crippen LogP contribution in [0.15, 0.2) is 78.9 Å². The van der Waals surface area contributed by atoms with Crippen molar-refractivity contribution in [1.82, 2.24) is 20.1 Å². The molecule has 56 heavy (non-hydrogen) atoms. The van der Waals surface area contributed by atoms with E-state index in [1.54, 1.807) is 41.3 Å². The van der Waals surface area contributed by atoms with E-state index in [1.165, 1.54) is 23.1 Å². The normalized spacial score (nSPS) is 16.0. The van der Waals surface area contributed by atoms with E-state index in [0.29, 0.717) is 44.7 Å². The number of hydrogen-bond acceptors (Lipinski definition) is 9. The summed E-state index contributed by atoms with van der Waals surface area (Å²) in [6, 6.07) is 20.3. The van der Waals surface area contributed by atoms with Gasteiger partial charge in [-0.2, -0.15) is 13.2 Å². The zero-order valence-electron chi connectivity index (χ0n) is 31.3. The van der Waals surface area contributed by atoms with Gasteiger partial charge in [-0.3, -0.25) is 9.59 Å². The fraction of sp³-hybridized carbons (Fsp3) is 0.375. The maximum absolute atomic E-state index is 14.4. The molecule has 0 radical (unpaired) electrons. The van der Waals surface area contributed by atoms with Crippen molar-refractivity contribution in [1.29, 1.82) is 0 Å². The van der Waals surface area contributed by atoms with Crippen LogP contribution < -0.4 is 20.9 Å². The Bertz CT molecular complexity index is 2050. The Morgan fingerprint density at radius 2 is 1.55 bits per heavy atom. The lowest BCUT2D eigenvalue weighted by Gasteiger charge is -2.36. The number of hydrogen-bond donors (Lipinski definition) is 3. The first kappa shape index (κ1) is 39.6. The van der Waals surface area contributed by atoms with Gasteiger partial charge >= 0.3 is 18.4 Å². The number of nitrogens with one attached hydrogen (secondary N) is 3. The van der Waals surface area contributed by atoms with Crippen molar-refractivity contribution in [3.8, 4) is 0 Å². The number of rotatable bonds is 9. The molecule has 0 aliphatic carbocycles. The van der Waals surface area contributed by atoms with E-state index >= 15 is 0 Å². The fourth-order valence-electron chi connectivity index (χ4n) is 6.57. The van der Waals surface area contributed by atoms with Crippen LogP contribution in [0.25, 0.3) is 10.9 Å². The number of halogens is 3. The van der Waals surface area contributed by atoms with Crippen LogP contribution in [0.5, 0.6) is 0 Å². The van der Waals surface area contributed by atoms with Crippen molar-refractivity contribution < 1.29 is 41.8 Å². The van der Waals surface area contributed by atoms with E-state index in [0.717, 1.165) is 17.3 Å². The largest absolute Gasteiger partial charge is 0.445 e. The summed E-state index contributed by atoms with van der Waals surface area (Å²) in [6.45, 7) is 7.56. The van der Waals surface area contributed by atoms with Crippen molar-refractivity contribution in [3.05, 3.63) is 90.0 Å². The van der Waals surface area contributed by atoms with Gasteiger partial charge in [0.05, 0.1) is 11.1 Å². The molecule has 3 N–H and O–H groups in total. The van der Waals surface area contributed by atoms with E-state index in [9.17, 15) is 32.3 Å². The molecule has 2 aliphatic heterocycles. The zero-order valence-corrected chi connectivity index (χ0v) is 31.3. The molecule has 0 saturated carbocycles. The number of likely N-dealkylation sites (tertiary alicyclic amines) is 1. The van der Waals surface area contributed by atoms with Crippen LogP contribution in [0.1, 0.15) is 44.7 Å². The highest BCUT2D eigenvalue weighted by molar-refractivity contribution is 6.00. The lowest BCUT2D eigenvalue weighted by atomic mass is 10.1. The van der Waals surface area contributed by atoms with Crippen LogP contribution >= 0.6 is 0 Å². The first-order valence-corrected chi connectivity index (χ1v) is 18.3. The number of piperazine rings is 1. The van der Waals surface area contributed by atoms with Crippen LogP contribution in [0.3, 0.4) is 0 Å². The molecule has 0 bridgehead atoms. The summed E-state index contributed by atoms with van der Waals surface area (Å²) < 4.78 is 53.9. The predicted molar refractivity (Wildman–Crippen MR) is 204 cm³/mol. The van der Waals surface area contributed by atoms with Gasteiger partial charge in [0.1, 0.15) is 30.6 Å². The Balaban J connectivity index is 1.07. The van der Waals surface area contributed by atoms with Crippen molar-refractivity contribution >= 4 is 57.8 Å². The highest BCUT2D eigenvalue weighted by Gasteiger charge is 2.36. The minimum Gasteiger partial charge on any atom is -0.445 e. The zero-order chi connectivity index (χ0) is 40.0. The SMILES string of the molecule is CC(C)(C)OC(=O)N1CCN(c2ccc(Nc3cc(C(F)(F)F)c4cc(NC(=O)[C@@H]5CCCN5C(=O)CNC(=O)OCc5ccccc5)ccc4n3)cc2)CC1. The summed E-state index contributed by atoms with van der Waals surface area (Å²) in [5, 5.41) is 7.83. The molecule has 2 saturated heterocycles. The molecular weight excluding hydrogens is 731 g/mol. The van der Waals surface area contributed by atoms with Crippen LogP contribution in [-0.2, 0) is 31.8 Å². The van der Waals surface area contributed by atoms with Crippen molar-refractivity contribution in [2.45, 2.75) is 58.0 Å². The van der Waals surface area contributed by atoms with Gasteiger partial charge in [-0.25, -0.2) is 14.6 Å². The highest BCUT2D eigenvalue weighted by Crippen LogP contribution is 2.37. The molecule has 6 rings (SSSR count). The first-order chi connectivity index (χ1) is 26.6. The van der Waals surface area contributed by atoms with E-state index in [2.05, 4.69) is 25.8 Å². The van der Waals surface area contributed by atoms with Gasteiger partial charge in [0.2, 0.25) is 11.8 Å². The summed E-state index contributed by atoms with van der Waals surface area (Å²) in [5.41, 5.74) is 0.856. The fourth-order valence-corrected chi connectivity index (χ4v) is 6.57. The van der Waals surface area contributed by atoms with E-state index < -0.39 is 41.3 Å². The molecular formula is C40H44F3N7O6. The maximum atomic E-state index is 14.4. The predicted octanol–water partition coefficient (Wildman–Crippen LogP) is 6.91. The molecule has 4 amide bonds. The molecule has 2 aliphatic rings. The number of alkyl carbamates (subject to hydrolysis) is 1. The Morgan fingerprint density at radius 3 is 2.23 bits per heavy atom. The Hall–Kier alpha value is -6.06. The topological polar surface area (TPSA) is 145 Å². The molecule has 3 heterocycles. The minimum atomic E-state index is -4.74. The van der Waals surface area contributed by atoms with Gasteiger partial charge in [-0.1, -0.05) is 30.3 Å². The molecule has 2 fully saturated rings. The number of anilines is 4. The molecule has 4 aromatic rings. The van der Waals surface area contributed by atoms with Gasteiger partial charge in [0, 0.05) is 55.2 Å². The Kier molecular flexibility index (Phi) is 11.9. The number of fused-ring (bicyclic) bond motifs is 1. The summed E-state index contributed by atoms with van der Waals surface area (Å²) in [4.78, 5) is 60.4. The van der Waals surface area contributed by atoms with Crippen LogP contribution in [0.4, 0.5) is 45.6 Å². The number of carbonyl (C=O) groups is 4. The van der Waals surface area contributed by atoms with Crippen LogP contribution in [0, 0.1) is 0 Å². The third kappa shape index (κ3) is 10.2. The molecule has 296 valence electrons. The summed E-state index contributed by atoms with van der Waals surface area (Å²) in [6.07, 6.45) is -5.00. The number of nitrogens with zero attached hydrogens (tertiary/aromatic N) is 4. The second-order valence-corrected chi connectivity index (χ2v) is 14.6. The average molecular weight is 776 g/mol. The van der Waals surface area contributed by atoms with Gasteiger partial charge in [0.15, 0.2) is 0 Å².